The van der Waals surface area contributed by atoms with Crippen LogP contribution in [0, 0.1) is 0 Å². The van der Waals surface area contributed by atoms with Gasteiger partial charge in [0.25, 0.3) is 0 Å². The number of esters is 1. The zero-order valence-corrected chi connectivity index (χ0v) is 38.3. The minimum Gasteiger partial charge on any atom is -0.466 e. The first-order valence-corrected chi connectivity index (χ1v) is 25.4. The molecule has 0 heterocycles. The van der Waals surface area contributed by atoms with Crippen molar-refractivity contribution >= 4 is 11.9 Å². The lowest BCUT2D eigenvalue weighted by atomic mass is 10.0. The van der Waals surface area contributed by atoms with Crippen LogP contribution in [-0.4, -0.2) is 47.4 Å². The van der Waals surface area contributed by atoms with Gasteiger partial charge in [0.2, 0.25) is 5.91 Å². The van der Waals surface area contributed by atoms with E-state index in [1.165, 1.54) is 199 Å². The lowest BCUT2D eigenvalue weighted by Crippen LogP contribution is -2.45. The van der Waals surface area contributed by atoms with Crippen LogP contribution in [0.4, 0.5) is 0 Å². The van der Waals surface area contributed by atoms with E-state index < -0.39 is 12.1 Å². The van der Waals surface area contributed by atoms with Crippen LogP contribution in [-0.2, 0) is 14.3 Å². The largest absolute Gasteiger partial charge is 0.466 e. The van der Waals surface area contributed by atoms with Crippen LogP contribution in [0.3, 0.4) is 0 Å². The Balaban J connectivity index is 3.41. The molecule has 2 atom stereocenters. The van der Waals surface area contributed by atoms with E-state index in [0.29, 0.717) is 25.9 Å². The van der Waals surface area contributed by atoms with E-state index >= 15 is 0 Å². The molecule has 6 nitrogen and oxygen atoms in total. The van der Waals surface area contributed by atoms with Gasteiger partial charge in [-0.1, -0.05) is 231 Å². The van der Waals surface area contributed by atoms with Crippen molar-refractivity contribution in [2.24, 2.45) is 0 Å². The number of aliphatic hydroxyl groups is 2. The van der Waals surface area contributed by atoms with Gasteiger partial charge in [-0.3, -0.25) is 9.59 Å². The van der Waals surface area contributed by atoms with Crippen LogP contribution in [0.15, 0.2) is 12.2 Å². The van der Waals surface area contributed by atoms with Crippen molar-refractivity contribution in [1.29, 1.82) is 0 Å². The average molecular weight is 806 g/mol. The Morgan fingerprint density at radius 3 is 1.30 bits per heavy atom. The summed E-state index contributed by atoms with van der Waals surface area (Å²) in [4.78, 5) is 24.4. The van der Waals surface area contributed by atoms with Gasteiger partial charge < -0.3 is 20.3 Å². The molecule has 6 heteroatoms. The average Bonchev–Trinajstić information content (AvgIpc) is 3.21. The number of ether oxygens (including phenoxy) is 1. The molecule has 0 aromatic heterocycles. The summed E-state index contributed by atoms with van der Waals surface area (Å²) in [6.07, 6.45) is 53.2. The van der Waals surface area contributed by atoms with Crippen LogP contribution in [0.25, 0.3) is 0 Å². The smallest absolute Gasteiger partial charge is 0.305 e. The zero-order valence-electron chi connectivity index (χ0n) is 38.3. The lowest BCUT2D eigenvalue weighted by Gasteiger charge is -2.22. The maximum absolute atomic E-state index is 12.4. The molecule has 0 rings (SSSR count). The summed E-state index contributed by atoms with van der Waals surface area (Å²) in [6.45, 7) is 4.90. The van der Waals surface area contributed by atoms with Gasteiger partial charge in [0.1, 0.15) is 0 Å². The highest BCUT2D eigenvalue weighted by atomic mass is 16.5. The third kappa shape index (κ3) is 44.0. The standard InChI is InChI=1S/C51H99NO5/c1-3-5-7-9-11-13-15-24-27-31-35-39-43-49(54)48(47-53)52-50(55)44-40-36-32-28-25-21-19-17-16-18-20-22-26-30-34-38-42-46-57-51(56)45-41-37-33-29-23-14-12-10-8-6-4-2/h10,12,48-49,53-54H,3-9,11,13-47H2,1-2H3,(H,52,55)/b12-10-. The molecule has 2 unspecified atom stereocenters. The first kappa shape index (κ1) is 55.6. The summed E-state index contributed by atoms with van der Waals surface area (Å²) >= 11 is 0. The van der Waals surface area contributed by atoms with Gasteiger partial charge in [0, 0.05) is 12.8 Å². The Labute approximate surface area is 355 Å². The number of nitrogens with one attached hydrogen (secondary N) is 1. The quantitative estimate of drug-likeness (QED) is 0.0323. The Hall–Kier alpha value is -1.40. The van der Waals surface area contributed by atoms with E-state index in [-0.39, 0.29) is 18.5 Å². The van der Waals surface area contributed by atoms with Crippen LogP contribution >= 0.6 is 0 Å². The molecule has 0 aliphatic rings. The minimum absolute atomic E-state index is 0.00576. The highest BCUT2D eigenvalue weighted by Gasteiger charge is 2.20. The van der Waals surface area contributed by atoms with Crippen LogP contribution in [0.2, 0.25) is 0 Å². The fourth-order valence-electron chi connectivity index (χ4n) is 7.86. The van der Waals surface area contributed by atoms with Crippen LogP contribution < -0.4 is 5.32 Å². The van der Waals surface area contributed by atoms with Crippen molar-refractivity contribution in [3.63, 3.8) is 0 Å². The Bertz CT molecular complexity index is 847. The zero-order chi connectivity index (χ0) is 41.5. The summed E-state index contributed by atoms with van der Waals surface area (Å²) in [7, 11) is 0. The summed E-state index contributed by atoms with van der Waals surface area (Å²) in [6, 6.07) is -0.543. The maximum Gasteiger partial charge on any atom is 0.305 e. The fourth-order valence-corrected chi connectivity index (χ4v) is 7.86. The predicted octanol–water partition coefficient (Wildman–Crippen LogP) is 15.0. The summed E-state index contributed by atoms with van der Waals surface area (Å²) in [5, 5.41) is 23.2. The van der Waals surface area contributed by atoms with Crippen molar-refractivity contribution in [1.82, 2.24) is 5.32 Å². The van der Waals surface area contributed by atoms with E-state index in [1.807, 2.05) is 0 Å². The molecule has 0 saturated heterocycles. The van der Waals surface area contributed by atoms with Gasteiger partial charge in [-0.2, -0.15) is 0 Å². The normalized spacial score (nSPS) is 12.7. The number of carbonyl (C=O) groups excluding carboxylic acids is 2. The number of allylic oxidation sites excluding steroid dienone is 2. The van der Waals surface area contributed by atoms with E-state index in [0.717, 1.165) is 44.9 Å². The van der Waals surface area contributed by atoms with Gasteiger partial charge in [-0.15, -0.1) is 0 Å². The highest BCUT2D eigenvalue weighted by Crippen LogP contribution is 2.17. The Morgan fingerprint density at radius 2 is 0.842 bits per heavy atom. The van der Waals surface area contributed by atoms with Crippen molar-refractivity contribution in [3.8, 4) is 0 Å². The molecule has 1 amide bonds. The lowest BCUT2D eigenvalue weighted by molar-refractivity contribution is -0.143. The Kier molecular flexibility index (Phi) is 46.1. The highest BCUT2D eigenvalue weighted by molar-refractivity contribution is 5.76. The first-order chi connectivity index (χ1) is 28.0. The van der Waals surface area contributed by atoms with Gasteiger partial charge in [0.15, 0.2) is 0 Å². The number of hydrogen-bond acceptors (Lipinski definition) is 5. The third-order valence-corrected chi connectivity index (χ3v) is 11.8. The molecule has 0 saturated carbocycles. The second-order valence-electron chi connectivity index (χ2n) is 17.5. The molecule has 57 heavy (non-hydrogen) atoms. The van der Waals surface area contributed by atoms with E-state index in [1.54, 1.807) is 0 Å². The minimum atomic E-state index is -0.666. The molecule has 338 valence electrons. The molecular weight excluding hydrogens is 707 g/mol. The van der Waals surface area contributed by atoms with Gasteiger partial charge in [0.05, 0.1) is 25.4 Å². The molecule has 0 aliphatic carbocycles. The molecule has 0 aliphatic heterocycles. The molecule has 0 fully saturated rings. The molecule has 0 aromatic carbocycles. The number of hydrogen-bond donors (Lipinski definition) is 3. The second-order valence-corrected chi connectivity index (χ2v) is 17.5. The topological polar surface area (TPSA) is 95.9 Å². The number of rotatable bonds is 47. The molecule has 0 aromatic rings. The second kappa shape index (κ2) is 47.3. The van der Waals surface area contributed by atoms with Gasteiger partial charge >= 0.3 is 5.97 Å². The summed E-state index contributed by atoms with van der Waals surface area (Å²) in [5.74, 6) is -0.0465. The van der Waals surface area contributed by atoms with Crippen LogP contribution in [0.5, 0.6) is 0 Å². The SMILES string of the molecule is CCCC/C=C\CCCCCCCC(=O)OCCCCCCCCCCCCCCCCCCCC(=O)NC(CO)C(O)CCCCCCCCCCCCCC. The van der Waals surface area contributed by atoms with Crippen molar-refractivity contribution in [3.05, 3.63) is 12.2 Å². The van der Waals surface area contributed by atoms with E-state index in [9.17, 15) is 19.8 Å². The summed E-state index contributed by atoms with van der Waals surface area (Å²) in [5.41, 5.74) is 0. The Morgan fingerprint density at radius 1 is 0.474 bits per heavy atom. The summed E-state index contributed by atoms with van der Waals surface area (Å²) < 4.78 is 5.44. The molecule has 0 radical (unpaired) electrons. The van der Waals surface area contributed by atoms with E-state index in [2.05, 4.69) is 31.3 Å². The van der Waals surface area contributed by atoms with Crippen LogP contribution in [0.1, 0.15) is 277 Å². The third-order valence-electron chi connectivity index (χ3n) is 11.8. The molecule has 0 bridgehead atoms. The predicted molar refractivity (Wildman–Crippen MR) is 246 cm³/mol. The van der Waals surface area contributed by atoms with Crippen molar-refractivity contribution in [2.75, 3.05) is 13.2 Å². The van der Waals surface area contributed by atoms with Crippen molar-refractivity contribution in [2.45, 2.75) is 289 Å². The number of amides is 1. The van der Waals surface area contributed by atoms with Gasteiger partial charge in [-0.05, 0) is 44.9 Å². The molecule has 0 spiro atoms. The molecular formula is C51H99NO5. The first-order valence-electron chi connectivity index (χ1n) is 25.4. The molecule has 3 N–H and O–H groups in total. The van der Waals surface area contributed by atoms with E-state index in [4.69, 9.17) is 4.74 Å². The number of aliphatic hydroxyl groups excluding tert-OH is 2. The number of unbranched alkanes of at least 4 members (excludes halogenated alkanes) is 34. The van der Waals surface area contributed by atoms with Gasteiger partial charge in [-0.25, -0.2) is 0 Å². The van der Waals surface area contributed by atoms with Crippen molar-refractivity contribution < 1.29 is 24.5 Å². The fraction of sp³-hybridized carbons (Fsp3) is 0.922. The number of carbonyl (C=O) groups is 2. The maximum atomic E-state index is 12.4. The monoisotopic (exact) mass is 806 g/mol.